The molecule has 1 aliphatic rings. The molecule has 0 aliphatic heterocycles. The molecule has 1 aliphatic carbocycles. The Morgan fingerprint density at radius 3 is 2.19 bits per heavy atom. The van der Waals surface area contributed by atoms with Crippen LogP contribution < -0.4 is 5.19 Å². The zero-order chi connectivity index (χ0) is 11.3. The van der Waals surface area contributed by atoms with Gasteiger partial charge in [0, 0.05) is 0 Å². The Bertz CT molecular complexity index is 588. The van der Waals surface area contributed by atoms with Gasteiger partial charge in [0.25, 0.3) is 0 Å². The Balaban J connectivity index is 2.45. The Kier molecular flexibility index (Phi) is 1.90. The molecule has 0 spiro atoms. The van der Waals surface area contributed by atoms with Crippen molar-refractivity contribution < 1.29 is 0 Å². The van der Waals surface area contributed by atoms with E-state index in [0.29, 0.717) is 0 Å². The first kappa shape index (κ1) is 9.85. The summed E-state index contributed by atoms with van der Waals surface area (Å²) in [6, 6.07) is 11.3. The maximum absolute atomic E-state index is 2.42. The van der Waals surface area contributed by atoms with E-state index in [1.807, 2.05) is 0 Å². The molecule has 0 amide bonds. The van der Waals surface area contributed by atoms with Crippen LogP contribution in [0.5, 0.6) is 0 Å². The van der Waals surface area contributed by atoms with Crippen LogP contribution in [0.1, 0.15) is 11.1 Å². The molecule has 0 fully saturated rings. The van der Waals surface area contributed by atoms with Crippen LogP contribution in [0.25, 0.3) is 22.9 Å². The smallest absolute Gasteiger partial charge is 0.0656 e. The number of benzene rings is 2. The van der Waals surface area contributed by atoms with Crippen molar-refractivity contribution in [3.63, 3.8) is 0 Å². The van der Waals surface area contributed by atoms with Gasteiger partial charge in [-0.05, 0) is 21.9 Å². The van der Waals surface area contributed by atoms with E-state index in [1.54, 1.807) is 5.19 Å². The van der Waals surface area contributed by atoms with E-state index >= 15 is 0 Å². The van der Waals surface area contributed by atoms with Crippen LogP contribution in [0.2, 0.25) is 19.6 Å². The molecule has 0 radical (unpaired) electrons. The summed E-state index contributed by atoms with van der Waals surface area (Å²) in [5.74, 6) is 0. The molecular weight excluding hydrogens is 208 g/mol. The maximum Gasteiger partial charge on any atom is 0.0784 e. The molecule has 1 heteroatoms. The lowest BCUT2D eigenvalue weighted by Gasteiger charge is -2.20. The second-order valence-electron chi connectivity index (χ2n) is 5.56. The van der Waals surface area contributed by atoms with Gasteiger partial charge < -0.3 is 0 Å². The molecular formula is C15H16Si. The highest BCUT2D eigenvalue weighted by Crippen LogP contribution is 2.30. The van der Waals surface area contributed by atoms with E-state index in [4.69, 9.17) is 0 Å². The molecule has 0 atom stereocenters. The van der Waals surface area contributed by atoms with Crippen LogP contribution in [0.15, 0.2) is 30.3 Å². The zero-order valence-corrected chi connectivity index (χ0v) is 11.0. The summed E-state index contributed by atoms with van der Waals surface area (Å²) < 4.78 is 0. The van der Waals surface area contributed by atoms with Gasteiger partial charge in [-0.25, -0.2) is 0 Å². The average molecular weight is 224 g/mol. The Morgan fingerprint density at radius 1 is 0.812 bits per heavy atom. The predicted molar refractivity (Wildman–Crippen MR) is 75.9 cm³/mol. The highest BCUT2D eigenvalue weighted by Gasteiger charge is 2.21. The largest absolute Gasteiger partial charge is 0.0784 e. The molecule has 16 heavy (non-hydrogen) atoms. The zero-order valence-electron chi connectivity index (χ0n) is 10.0. The van der Waals surface area contributed by atoms with Gasteiger partial charge in [0.15, 0.2) is 0 Å². The Morgan fingerprint density at radius 2 is 1.50 bits per heavy atom. The summed E-state index contributed by atoms with van der Waals surface area (Å²) in [5, 5.41) is 4.51. The van der Waals surface area contributed by atoms with Gasteiger partial charge in [0.2, 0.25) is 0 Å². The standard InChI is InChI=1S/C15H16Si/c1-16(2,3)14-10-9-12-8-7-11-5-4-6-13(14)15(11)12/h4-10H,1-3H3. The third-order valence-electron chi connectivity index (χ3n) is 3.36. The molecule has 0 saturated carbocycles. The minimum Gasteiger partial charge on any atom is -0.0656 e. The summed E-state index contributed by atoms with van der Waals surface area (Å²) in [6.45, 7) is 7.25. The van der Waals surface area contributed by atoms with Crippen molar-refractivity contribution in [3.05, 3.63) is 41.5 Å². The summed E-state index contributed by atoms with van der Waals surface area (Å²) in [6.07, 6.45) is 4.46. The van der Waals surface area contributed by atoms with Crippen molar-refractivity contribution in [2.24, 2.45) is 0 Å². The molecule has 2 aromatic rings. The van der Waals surface area contributed by atoms with E-state index < -0.39 is 8.07 Å². The van der Waals surface area contributed by atoms with Crippen LogP contribution in [-0.4, -0.2) is 8.07 Å². The minimum absolute atomic E-state index is 1.24. The third-order valence-corrected chi connectivity index (χ3v) is 5.41. The van der Waals surface area contributed by atoms with Crippen molar-refractivity contribution in [2.45, 2.75) is 19.6 Å². The molecule has 0 unspecified atom stereocenters. The lowest BCUT2D eigenvalue weighted by Crippen LogP contribution is -2.38. The Hall–Kier alpha value is -1.34. The molecule has 3 rings (SSSR count). The van der Waals surface area contributed by atoms with Gasteiger partial charge in [0.05, 0.1) is 8.07 Å². The molecule has 0 aromatic heterocycles. The fraction of sp³-hybridized carbons (Fsp3) is 0.200. The quantitative estimate of drug-likeness (QED) is 0.550. The summed E-state index contributed by atoms with van der Waals surface area (Å²) in [5.41, 5.74) is 2.76. The van der Waals surface area contributed by atoms with Crippen LogP contribution in [-0.2, 0) is 0 Å². The molecule has 80 valence electrons. The van der Waals surface area contributed by atoms with Crippen LogP contribution in [0.4, 0.5) is 0 Å². The topological polar surface area (TPSA) is 0 Å². The third kappa shape index (κ3) is 1.28. The first-order valence-corrected chi connectivity index (χ1v) is 9.32. The van der Waals surface area contributed by atoms with E-state index in [1.165, 1.54) is 21.9 Å². The summed E-state index contributed by atoms with van der Waals surface area (Å²) in [7, 11) is -1.24. The van der Waals surface area contributed by atoms with Gasteiger partial charge in [-0.15, -0.1) is 0 Å². The van der Waals surface area contributed by atoms with Crippen LogP contribution in [0, 0.1) is 0 Å². The van der Waals surface area contributed by atoms with Gasteiger partial charge in [-0.2, -0.15) is 0 Å². The normalized spacial score (nSPS) is 13.7. The molecule has 0 N–H and O–H groups in total. The molecule has 0 nitrogen and oxygen atoms in total. The van der Waals surface area contributed by atoms with Crippen molar-refractivity contribution >= 4 is 36.2 Å². The highest BCUT2D eigenvalue weighted by atomic mass is 28.3. The van der Waals surface area contributed by atoms with E-state index in [0.717, 1.165) is 0 Å². The second kappa shape index (κ2) is 3.08. The lowest BCUT2D eigenvalue weighted by atomic mass is 10.0. The summed E-state index contributed by atoms with van der Waals surface area (Å²) >= 11 is 0. The fourth-order valence-electron chi connectivity index (χ4n) is 2.57. The van der Waals surface area contributed by atoms with Gasteiger partial charge in [-0.1, -0.05) is 67.3 Å². The van der Waals surface area contributed by atoms with Gasteiger partial charge in [-0.3, -0.25) is 0 Å². The average Bonchev–Trinajstić information content (AvgIpc) is 2.63. The minimum atomic E-state index is -1.24. The first-order valence-electron chi connectivity index (χ1n) is 5.82. The van der Waals surface area contributed by atoms with Crippen molar-refractivity contribution in [1.29, 1.82) is 0 Å². The van der Waals surface area contributed by atoms with E-state index in [2.05, 4.69) is 62.1 Å². The summed E-state index contributed by atoms with van der Waals surface area (Å²) in [4.78, 5) is 0. The van der Waals surface area contributed by atoms with Gasteiger partial charge >= 0.3 is 0 Å². The van der Waals surface area contributed by atoms with Crippen molar-refractivity contribution in [2.75, 3.05) is 0 Å². The second-order valence-corrected chi connectivity index (χ2v) is 10.6. The Labute approximate surface area is 97.6 Å². The first-order chi connectivity index (χ1) is 7.57. The van der Waals surface area contributed by atoms with E-state index in [9.17, 15) is 0 Å². The number of rotatable bonds is 1. The maximum atomic E-state index is 2.42. The lowest BCUT2D eigenvalue weighted by molar-refractivity contribution is 1.69. The van der Waals surface area contributed by atoms with Crippen LogP contribution >= 0.6 is 0 Å². The number of hydrogen-bond donors (Lipinski definition) is 0. The van der Waals surface area contributed by atoms with Crippen LogP contribution in [0.3, 0.4) is 0 Å². The molecule has 0 heterocycles. The van der Waals surface area contributed by atoms with E-state index in [-0.39, 0.29) is 0 Å². The van der Waals surface area contributed by atoms with Gasteiger partial charge in [0.1, 0.15) is 0 Å². The highest BCUT2D eigenvalue weighted by molar-refractivity contribution is 6.90. The molecule has 2 aromatic carbocycles. The monoisotopic (exact) mass is 224 g/mol. The fourth-order valence-corrected chi connectivity index (χ4v) is 4.17. The molecule has 0 saturated heterocycles. The number of hydrogen-bond acceptors (Lipinski definition) is 0. The predicted octanol–water partition coefficient (Wildman–Crippen LogP) is 3.87. The van der Waals surface area contributed by atoms with Crippen molar-refractivity contribution in [3.8, 4) is 0 Å². The van der Waals surface area contributed by atoms with Crippen molar-refractivity contribution in [1.82, 2.24) is 0 Å². The SMILES string of the molecule is C[Si](C)(C)c1ccc2c3c(cccc13)C=C2. The molecule has 0 bridgehead atoms.